The first-order chi connectivity index (χ1) is 9.36. The van der Waals surface area contributed by atoms with Gasteiger partial charge in [-0.3, -0.25) is 4.68 Å². The van der Waals surface area contributed by atoms with Gasteiger partial charge in [-0.15, -0.1) is 0 Å². The van der Waals surface area contributed by atoms with Gasteiger partial charge in [0.25, 0.3) is 0 Å². The van der Waals surface area contributed by atoms with Crippen molar-refractivity contribution in [1.82, 2.24) is 24.6 Å². The molecule has 5 nitrogen and oxygen atoms in total. The molecule has 0 aromatic carbocycles. The third-order valence-electron chi connectivity index (χ3n) is 3.79. The quantitative estimate of drug-likeness (QED) is 0.912. The molecule has 0 amide bonds. The van der Waals surface area contributed by atoms with Gasteiger partial charge in [0.05, 0.1) is 24.4 Å². The second-order valence-corrected chi connectivity index (χ2v) is 5.16. The Morgan fingerprint density at radius 1 is 1.37 bits per heavy atom. The second-order valence-electron chi connectivity index (χ2n) is 5.16. The summed E-state index contributed by atoms with van der Waals surface area (Å²) >= 11 is 0. The van der Waals surface area contributed by atoms with Crippen molar-refractivity contribution in [3.63, 3.8) is 0 Å². The third-order valence-corrected chi connectivity index (χ3v) is 3.79. The highest BCUT2D eigenvalue weighted by Gasteiger charge is 2.15. The molecule has 1 atom stereocenters. The molecule has 1 unspecified atom stereocenters. The Morgan fingerprint density at radius 2 is 2.32 bits per heavy atom. The van der Waals surface area contributed by atoms with Crippen LogP contribution in [0.3, 0.4) is 0 Å². The number of imidazole rings is 1. The minimum absolute atomic E-state index is 0.572. The van der Waals surface area contributed by atoms with Crippen molar-refractivity contribution < 1.29 is 0 Å². The molecule has 0 aliphatic carbocycles. The Bertz CT molecular complexity index is 521. The van der Waals surface area contributed by atoms with Crippen LogP contribution in [0, 0.1) is 0 Å². The Balaban J connectivity index is 1.77. The molecule has 1 N–H and O–H groups in total. The first-order valence-corrected chi connectivity index (χ1v) is 7.13. The number of aryl methyl sites for hydroxylation is 1. The molecule has 0 bridgehead atoms. The highest BCUT2D eigenvalue weighted by molar-refractivity contribution is 5.56. The lowest BCUT2D eigenvalue weighted by Crippen LogP contribution is -2.37. The molecule has 2 aromatic heterocycles. The molecule has 1 fully saturated rings. The van der Waals surface area contributed by atoms with E-state index in [1.165, 1.54) is 19.3 Å². The van der Waals surface area contributed by atoms with Crippen LogP contribution in [0.1, 0.15) is 26.2 Å². The summed E-state index contributed by atoms with van der Waals surface area (Å²) in [5, 5.41) is 7.92. The zero-order valence-electron chi connectivity index (χ0n) is 11.4. The highest BCUT2D eigenvalue weighted by atomic mass is 15.3. The number of piperidine rings is 1. The minimum atomic E-state index is 0.572. The minimum Gasteiger partial charge on any atom is -0.329 e. The Labute approximate surface area is 113 Å². The summed E-state index contributed by atoms with van der Waals surface area (Å²) in [5.74, 6) is 0. The molecule has 19 heavy (non-hydrogen) atoms. The number of nitrogens with one attached hydrogen (secondary N) is 1. The average Bonchev–Trinajstić information content (AvgIpc) is 3.08. The van der Waals surface area contributed by atoms with Crippen molar-refractivity contribution in [1.29, 1.82) is 0 Å². The zero-order chi connectivity index (χ0) is 13.1. The summed E-state index contributed by atoms with van der Waals surface area (Å²) in [5.41, 5.74) is 2.31. The molecule has 3 rings (SSSR count). The molecule has 1 aliphatic rings. The molecule has 0 saturated carbocycles. The summed E-state index contributed by atoms with van der Waals surface area (Å²) in [7, 11) is 0. The summed E-state index contributed by atoms with van der Waals surface area (Å²) in [6.07, 6.45) is 11.7. The van der Waals surface area contributed by atoms with Gasteiger partial charge in [-0.25, -0.2) is 4.98 Å². The van der Waals surface area contributed by atoms with Crippen LogP contribution < -0.4 is 5.32 Å². The van der Waals surface area contributed by atoms with Crippen LogP contribution >= 0.6 is 0 Å². The van der Waals surface area contributed by atoms with Crippen molar-refractivity contribution in [2.45, 2.75) is 45.3 Å². The van der Waals surface area contributed by atoms with Gasteiger partial charge in [0, 0.05) is 30.9 Å². The lowest BCUT2D eigenvalue weighted by atomic mass is 10.0. The molecule has 1 aliphatic heterocycles. The monoisotopic (exact) mass is 259 g/mol. The molecule has 0 radical (unpaired) electrons. The third kappa shape index (κ3) is 2.71. The lowest BCUT2D eigenvalue weighted by Gasteiger charge is -2.24. The van der Waals surface area contributed by atoms with Crippen LogP contribution in [0.25, 0.3) is 11.3 Å². The van der Waals surface area contributed by atoms with E-state index in [-0.39, 0.29) is 0 Å². The average molecular weight is 259 g/mol. The van der Waals surface area contributed by atoms with E-state index in [2.05, 4.69) is 33.1 Å². The largest absolute Gasteiger partial charge is 0.329 e. The van der Waals surface area contributed by atoms with Crippen LogP contribution in [0.15, 0.2) is 24.9 Å². The van der Waals surface area contributed by atoms with E-state index in [1.807, 2.05) is 23.4 Å². The molecule has 102 valence electrons. The molecule has 1 saturated heterocycles. The van der Waals surface area contributed by atoms with Crippen LogP contribution in [0.5, 0.6) is 0 Å². The van der Waals surface area contributed by atoms with E-state index in [1.54, 1.807) is 0 Å². The van der Waals surface area contributed by atoms with Gasteiger partial charge in [0.1, 0.15) is 0 Å². The van der Waals surface area contributed by atoms with Gasteiger partial charge >= 0.3 is 0 Å². The first-order valence-electron chi connectivity index (χ1n) is 7.13. The topological polar surface area (TPSA) is 47.7 Å². The number of hydrogen-bond acceptors (Lipinski definition) is 3. The first kappa shape index (κ1) is 12.4. The smallest absolute Gasteiger partial charge is 0.0951 e. The summed E-state index contributed by atoms with van der Waals surface area (Å²) in [6.45, 7) is 5.13. The van der Waals surface area contributed by atoms with Crippen molar-refractivity contribution in [2.24, 2.45) is 0 Å². The van der Waals surface area contributed by atoms with Gasteiger partial charge < -0.3 is 9.88 Å². The Morgan fingerprint density at radius 3 is 3.05 bits per heavy atom. The molecule has 5 heteroatoms. The van der Waals surface area contributed by atoms with Gasteiger partial charge in [-0.2, -0.15) is 5.10 Å². The normalized spacial score (nSPS) is 19.7. The second kappa shape index (κ2) is 5.57. The van der Waals surface area contributed by atoms with Gasteiger partial charge in [-0.05, 0) is 26.3 Å². The number of aromatic nitrogens is 4. The van der Waals surface area contributed by atoms with E-state index in [0.717, 1.165) is 30.9 Å². The van der Waals surface area contributed by atoms with Crippen LogP contribution in [-0.2, 0) is 13.1 Å². The molecule has 2 aromatic rings. The SMILES string of the molecule is CCn1cc(-c2cncn2CC2CCCCN2)cn1. The number of nitrogens with zero attached hydrogens (tertiary/aromatic N) is 4. The van der Waals surface area contributed by atoms with E-state index in [4.69, 9.17) is 0 Å². The predicted molar refractivity (Wildman–Crippen MR) is 74.8 cm³/mol. The predicted octanol–water partition coefficient (Wildman–Crippen LogP) is 1.91. The van der Waals surface area contributed by atoms with Crippen LogP contribution in [0.2, 0.25) is 0 Å². The van der Waals surface area contributed by atoms with E-state index >= 15 is 0 Å². The lowest BCUT2D eigenvalue weighted by molar-refractivity contribution is 0.364. The fourth-order valence-electron chi connectivity index (χ4n) is 2.69. The van der Waals surface area contributed by atoms with E-state index < -0.39 is 0 Å². The van der Waals surface area contributed by atoms with Crippen molar-refractivity contribution in [3.8, 4) is 11.3 Å². The van der Waals surface area contributed by atoms with Crippen molar-refractivity contribution >= 4 is 0 Å². The Hall–Kier alpha value is -1.62. The molecular weight excluding hydrogens is 238 g/mol. The standard InChI is InChI=1S/C14H21N5/c1-2-19-9-12(7-17-19)14-8-15-11-18(14)10-13-5-3-4-6-16-13/h7-9,11,13,16H,2-6,10H2,1H3. The van der Waals surface area contributed by atoms with Crippen molar-refractivity contribution in [3.05, 3.63) is 24.9 Å². The van der Waals surface area contributed by atoms with Crippen LogP contribution in [-0.4, -0.2) is 31.9 Å². The number of hydrogen-bond donors (Lipinski definition) is 1. The maximum absolute atomic E-state index is 4.34. The Kier molecular flexibility index (Phi) is 3.64. The van der Waals surface area contributed by atoms with Crippen LogP contribution in [0.4, 0.5) is 0 Å². The molecular formula is C14H21N5. The maximum atomic E-state index is 4.34. The molecule has 3 heterocycles. The van der Waals surface area contributed by atoms with Gasteiger partial charge in [0.15, 0.2) is 0 Å². The summed E-state index contributed by atoms with van der Waals surface area (Å²) < 4.78 is 4.19. The zero-order valence-corrected chi connectivity index (χ0v) is 11.4. The van der Waals surface area contributed by atoms with Gasteiger partial charge in [0.2, 0.25) is 0 Å². The number of rotatable bonds is 4. The maximum Gasteiger partial charge on any atom is 0.0951 e. The summed E-state index contributed by atoms with van der Waals surface area (Å²) in [4.78, 5) is 4.30. The fourth-order valence-corrected chi connectivity index (χ4v) is 2.69. The summed E-state index contributed by atoms with van der Waals surface area (Å²) in [6, 6.07) is 0.572. The molecule has 0 spiro atoms. The van der Waals surface area contributed by atoms with E-state index in [0.29, 0.717) is 6.04 Å². The van der Waals surface area contributed by atoms with E-state index in [9.17, 15) is 0 Å². The van der Waals surface area contributed by atoms with Crippen molar-refractivity contribution in [2.75, 3.05) is 6.54 Å². The fraction of sp³-hybridized carbons (Fsp3) is 0.571. The highest BCUT2D eigenvalue weighted by Crippen LogP contribution is 2.19. The van der Waals surface area contributed by atoms with Gasteiger partial charge in [-0.1, -0.05) is 6.42 Å².